The molecule has 1 heterocycles. The van der Waals surface area contributed by atoms with Gasteiger partial charge in [0.25, 0.3) is 5.91 Å². The average molecular weight is 357 g/mol. The zero-order valence-electron chi connectivity index (χ0n) is 14.4. The van der Waals surface area contributed by atoms with Gasteiger partial charge < -0.3 is 10.1 Å². The fourth-order valence-corrected chi connectivity index (χ4v) is 3.81. The Bertz CT molecular complexity index is 900. The molecule has 0 atom stereocenters. The molecular weight excluding hydrogens is 337 g/mol. The number of rotatable bonds is 5. The van der Waals surface area contributed by atoms with Crippen molar-refractivity contribution in [3.63, 3.8) is 0 Å². The number of fused-ring (bicyclic) bond motifs is 1. The largest absolute Gasteiger partial charge is 0.494 e. The highest BCUT2D eigenvalue weighted by Crippen LogP contribution is 2.39. The van der Waals surface area contributed by atoms with Crippen molar-refractivity contribution in [2.45, 2.75) is 26.3 Å². The third-order valence-electron chi connectivity index (χ3n) is 4.13. The number of amides is 1. The number of carbonyl (C=O) groups is 1. The molecule has 1 aromatic heterocycles. The lowest BCUT2D eigenvalue weighted by molar-refractivity contribution is 0.0952. The highest BCUT2D eigenvalue weighted by molar-refractivity contribution is 7.21. The van der Waals surface area contributed by atoms with Crippen LogP contribution in [0.25, 0.3) is 10.1 Å². The van der Waals surface area contributed by atoms with Crippen molar-refractivity contribution >= 4 is 27.3 Å². The molecule has 0 bridgehead atoms. The van der Waals surface area contributed by atoms with Crippen LogP contribution < -0.4 is 10.1 Å². The van der Waals surface area contributed by atoms with E-state index in [1.165, 1.54) is 30.1 Å². The second-order valence-electron chi connectivity index (χ2n) is 6.16. The molecule has 1 amide bonds. The normalized spacial score (nSPS) is 11.1. The first-order valence-corrected chi connectivity index (χ1v) is 8.95. The summed E-state index contributed by atoms with van der Waals surface area (Å²) in [6, 6.07) is 13.0. The van der Waals surface area contributed by atoms with Gasteiger partial charge in [0.1, 0.15) is 10.7 Å². The minimum absolute atomic E-state index is 0.259. The maximum Gasteiger partial charge on any atom is 0.265 e. The number of hydrogen-bond donors (Lipinski definition) is 1. The molecule has 0 unspecified atom stereocenters. The molecule has 0 aliphatic carbocycles. The van der Waals surface area contributed by atoms with Crippen LogP contribution in [0.3, 0.4) is 0 Å². The van der Waals surface area contributed by atoms with E-state index in [2.05, 4.69) is 31.3 Å². The lowest BCUT2D eigenvalue weighted by atomic mass is 10.0. The van der Waals surface area contributed by atoms with E-state index in [0.29, 0.717) is 33.2 Å². The van der Waals surface area contributed by atoms with Crippen molar-refractivity contribution in [1.82, 2.24) is 5.32 Å². The van der Waals surface area contributed by atoms with Crippen LogP contribution in [0.1, 0.15) is 40.6 Å². The number of carbonyl (C=O) groups excluding carboxylic acids is 1. The van der Waals surface area contributed by atoms with Crippen LogP contribution >= 0.6 is 11.3 Å². The van der Waals surface area contributed by atoms with Crippen molar-refractivity contribution in [3.05, 3.63) is 64.3 Å². The number of methoxy groups -OCH3 is 1. The van der Waals surface area contributed by atoms with Gasteiger partial charge in [0.2, 0.25) is 0 Å². The Balaban J connectivity index is 1.79. The Hall–Kier alpha value is -2.40. The molecule has 0 aliphatic heterocycles. The monoisotopic (exact) mass is 357 g/mol. The summed E-state index contributed by atoms with van der Waals surface area (Å²) in [5.74, 6) is 0.131. The topological polar surface area (TPSA) is 38.3 Å². The highest BCUT2D eigenvalue weighted by atomic mass is 32.1. The van der Waals surface area contributed by atoms with E-state index < -0.39 is 0 Å². The van der Waals surface area contributed by atoms with Gasteiger partial charge in [-0.2, -0.15) is 0 Å². The quantitative estimate of drug-likeness (QED) is 0.690. The zero-order valence-corrected chi connectivity index (χ0v) is 15.2. The van der Waals surface area contributed by atoms with Crippen LogP contribution in [0.5, 0.6) is 5.75 Å². The standard InChI is InChI=1S/C20H20FNO2S/c1-12(2)14-9-7-13(8-10-14)11-22-20(23)19-18(24-3)17-15(21)5-4-6-16(17)25-19/h4-10,12H,11H2,1-3H3,(H,22,23). The Morgan fingerprint density at radius 1 is 1.20 bits per heavy atom. The number of benzene rings is 2. The first-order valence-electron chi connectivity index (χ1n) is 8.13. The lowest BCUT2D eigenvalue weighted by Crippen LogP contribution is -2.22. The van der Waals surface area contributed by atoms with Gasteiger partial charge >= 0.3 is 0 Å². The molecular formula is C20H20FNO2S. The molecule has 3 aromatic rings. The summed E-state index contributed by atoms with van der Waals surface area (Å²) in [5.41, 5.74) is 2.28. The summed E-state index contributed by atoms with van der Waals surface area (Å²) in [5, 5.41) is 3.25. The maximum atomic E-state index is 14.1. The Kier molecular flexibility index (Phi) is 5.04. The maximum absolute atomic E-state index is 14.1. The molecule has 5 heteroatoms. The highest BCUT2D eigenvalue weighted by Gasteiger charge is 2.21. The molecule has 3 rings (SSSR count). The van der Waals surface area contributed by atoms with E-state index in [9.17, 15) is 9.18 Å². The van der Waals surface area contributed by atoms with E-state index in [0.717, 1.165) is 5.56 Å². The lowest BCUT2D eigenvalue weighted by Gasteiger charge is -2.08. The molecule has 0 fully saturated rings. The summed E-state index contributed by atoms with van der Waals surface area (Å²) in [7, 11) is 1.45. The summed E-state index contributed by atoms with van der Waals surface area (Å²) < 4.78 is 20.1. The van der Waals surface area contributed by atoms with Gasteiger partial charge in [-0.15, -0.1) is 11.3 Å². The molecule has 1 N–H and O–H groups in total. The molecule has 0 saturated heterocycles. The van der Waals surface area contributed by atoms with E-state index in [4.69, 9.17) is 4.74 Å². The van der Waals surface area contributed by atoms with Gasteiger partial charge in [0.05, 0.1) is 12.5 Å². The number of halogens is 1. The fraction of sp³-hybridized carbons (Fsp3) is 0.250. The Labute approximate surface area is 150 Å². The van der Waals surface area contributed by atoms with Crippen molar-refractivity contribution in [1.29, 1.82) is 0 Å². The summed E-state index contributed by atoms with van der Waals surface area (Å²) in [4.78, 5) is 12.9. The molecule has 130 valence electrons. The van der Waals surface area contributed by atoms with Crippen molar-refractivity contribution in [2.24, 2.45) is 0 Å². The van der Waals surface area contributed by atoms with Gasteiger partial charge in [0, 0.05) is 11.2 Å². The van der Waals surface area contributed by atoms with Crippen LogP contribution in [-0.2, 0) is 6.54 Å². The summed E-state index contributed by atoms with van der Waals surface area (Å²) >= 11 is 1.24. The minimum Gasteiger partial charge on any atom is -0.494 e. The summed E-state index contributed by atoms with van der Waals surface area (Å²) in [6.45, 7) is 4.70. The minimum atomic E-state index is -0.381. The number of thiophene rings is 1. The zero-order chi connectivity index (χ0) is 18.0. The Morgan fingerprint density at radius 3 is 2.56 bits per heavy atom. The summed E-state index contributed by atoms with van der Waals surface area (Å²) in [6.07, 6.45) is 0. The van der Waals surface area contributed by atoms with Gasteiger partial charge in [-0.05, 0) is 29.2 Å². The molecule has 0 aliphatic rings. The van der Waals surface area contributed by atoms with Gasteiger partial charge in [-0.3, -0.25) is 4.79 Å². The second-order valence-corrected chi connectivity index (χ2v) is 7.21. The van der Waals surface area contributed by atoms with Crippen molar-refractivity contribution in [2.75, 3.05) is 7.11 Å². The number of hydrogen-bond acceptors (Lipinski definition) is 3. The van der Waals surface area contributed by atoms with Crippen molar-refractivity contribution in [3.8, 4) is 5.75 Å². The van der Waals surface area contributed by atoms with E-state index >= 15 is 0 Å². The second kappa shape index (κ2) is 7.23. The van der Waals surface area contributed by atoms with Crippen LogP contribution in [0, 0.1) is 5.82 Å². The van der Waals surface area contributed by atoms with Gasteiger partial charge in [-0.25, -0.2) is 4.39 Å². The smallest absolute Gasteiger partial charge is 0.265 e. The fourth-order valence-electron chi connectivity index (χ4n) is 2.71. The van der Waals surface area contributed by atoms with E-state index in [1.807, 2.05) is 12.1 Å². The molecule has 25 heavy (non-hydrogen) atoms. The number of ether oxygens (including phenoxy) is 1. The Morgan fingerprint density at radius 2 is 1.92 bits per heavy atom. The van der Waals surface area contributed by atoms with Gasteiger partial charge in [-0.1, -0.05) is 44.2 Å². The van der Waals surface area contributed by atoms with Crippen LogP contribution in [0.2, 0.25) is 0 Å². The average Bonchev–Trinajstić information content (AvgIpc) is 3.00. The third-order valence-corrected chi connectivity index (χ3v) is 5.27. The predicted molar refractivity (Wildman–Crippen MR) is 100 cm³/mol. The SMILES string of the molecule is COc1c(C(=O)NCc2ccc(C(C)C)cc2)sc2cccc(F)c12. The van der Waals surface area contributed by atoms with E-state index in [1.54, 1.807) is 12.1 Å². The first kappa shape index (κ1) is 17.4. The first-order chi connectivity index (χ1) is 12.0. The van der Waals surface area contributed by atoms with Crippen LogP contribution in [0.15, 0.2) is 42.5 Å². The van der Waals surface area contributed by atoms with Gasteiger partial charge in [0.15, 0.2) is 5.75 Å². The third kappa shape index (κ3) is 3.51. The molecule has 3 nitrogen and oxygen atoms in total. The molecule has 0 spiro atoms. The van der Waals surface area contributed by atoms with Crippen molar-refractivity contribution < 1.29 is 13.9 Å². The molecule has 0 radical (unpaired) electrons. The van der Waals surface area contributed by atoms with Crippen LogP contribution in [-0.4, -0.2) is 13.0 Å². The van der Waals surface area contributed by atoms with Crippen LogP contribution in [0.4, 0.5) is 4.39 Å². The van der Waals surface area contributed by atoms with E-state index in [-0.39, 0.29) is 11.7 Å². The molecule has 2 aromatic carbocycles. The number of nitrogens with one attached hydrogen (secondary N) is 1. The predicted octanol–water partition coefficient (Wildman–Crippen LogP) is 5.10. The molecule has 0 saturated carbocycles.